The minimum atomic E-state index is -1.78. The molecular weight excluding hydrogens is 681 g/mol. The van der Waals surface area contributed by atoms with Crippen molar-refractivity contribution in [2.24, 2.45) is 5.92 Å². The van der Waals surface area contributed by atoms with E-state index in [1.165, 1.54) is 23.5 Å². The Morgan fingerprint density at radius 2 is 1.88 bits per heavy atom. The van der Waals surface area contributed by atoms with Crippen LogP contribution in [0, 0.1) is 5.92 Å². The fraction of sp³-hybridized carbons (Fsp3) is 0.487. The van der Waals surface area contributed by atoms with Gasteiger partial charge < -0.3 is 35.6 Å². The molecule has 1 unspecified atom stereocenters. The van der Waals surface area contributed by atoms with Gasteiger partial charge in [0.15, 0.2) is 5.60 Å². The van der Waals surface area contributed by atoms with Gasteiger partial charge in [0.25, 0.3) is 0 Å². The number of carboxylic acids is 1. The van der Waals surface area contributed by atoms with Crippen LogP contribution in [0.3, 0.4) is 0 Å². The molecule has 5 aromatic rings. The first-order valence-electron chi connectivity index (χ1n) is 18.4. The number of aliphatic hydroxyl groups is 2. The molecule has 0 spiro atoms. The van der Waals surface area contributed by atoms with E-state index in [2.05, 4.69) is 38.6 Å². The van der Waals surface area contributed by atoms with Crippen molar-refractivity contribution < 1.29 is 25.2 Å². The maximum Gasteiger partial charge on any atom is 0.341 e. The number of aliphatic hydroxyl groups excluding tert-OH is 1. The lowest BCUT2D eigenvalue weighted by molar-refractivity contribution is -0.166. The van der Waals surface area contributed by atoms with E-state index in [1.807, 2.05) is 28.3 Å². The van der Waals surface area contributed by atoms with Crippen molar-refractivity contribution in [1.82, 2.24) is 30.2 Å². The minimum absolute atomic E-state index is 0.0394. The largest absolute Gasteiger partial charge is 0.506 e. The Kier molecular flexibility index (Phi) is 10.8. The number of phenols is 1. The summed E-state index contributed by atoms with van der Waals surface area (Å²) in [6.45, 7) is 2.48. The third kappa shape index (κ3) is 7.25. The summed E-state index contributed by atoms with van der Waals surface area (Å²) in [5, 5.41) is 57.4. The third-order valence-corrected chi connectivity index (χ3v) is 12.5. The molecule has 2 atom stereocenters. The van der Waals surface area contributed by atoms with Gasteiger partial charge in [0.1, 0.15) is 11.3 Å². The molecule has 13 heteroatoms. The second kappa shape index (κ2) is 15.5. The fourth-order valence-electron chi connectivity index (χ4n) is 8.54. The smallest absolute Gasteiger partial charge is 0.341 e. The highest BCUT2D eigenvalue weighted by Crippen LogP contribution is 2.47. The molecule has 2 saturated carbocycles. The van der Waals surface area contributed by atoms with Crippen molar-refractivity contribution in [3.05, 3.63) is 85.8 Å². The number of carboxylic acid groups (broad SMARTS) is 1. The van der Waals surface area contributed by atoms with Gasteiger partial charge in [-0.05, 0) is 117 Å². The summed E-state index contributed by atoms with van der Waals surface area (Å²) in [6, 6.07) is 14.7. The lowest BCUT2D eigenvalue weighted by Crippen LogP contribution is -2.42. The molecule has 2 aromatic carbocycles. The molecule has 3 aromatic heterocycles. The number of benzene rings is 2. The highest BCUT2D eigenvalue weighted by Gasteiger charge is 2.49. The number of pyridine rings is 1. The number of thiophene rings is 1. The SMILES string of the molecule is CN(CCCn1nnc2cc(CNC[C@H](O)c3ccc(O)c4[nH]c(=O)ccc34)ccc21)[C@H]1CC[C@H](c2ccsc2C(O)(C(=O)O)C2CCCC2)CC1. The standard InChI is InChI=1S/C39H48N6O6S/c1-44(27-10-8-25(9-11-27)28-17-20-52-37(28)39(51,38(49)50)26-5-2-3-6-26)18-4-19-45-32-14-7-24(21-31(32)42-43-45)22-40-23-34(47)29-12-15-33(46)36-30(29)13-16-35(48)41-36/h7,12-17,20-21,25-27,34,40,46-47,51H,2-6,8-11,18-19,22-23H2,1H3,(H,41,48)(H,49,50)/t25-,27-,34-,39?/m0/s1. The van der Waals surface area contributed by atoms with Crippen LogP contribution in [0.25, 0.3) is 21.9 Å². The van der Waals surface area contributed by atoms with Crippen LogP contribution in [0.1, 0.15) is 91.4 Å². The predicted molar refractivity (Wildman–Crippen MR) is 200 cm³/mol. The van der Waals surface area contributed by atoms with Crippen molar-refractivity contribution in [2.75, 3.05) is 20.1 Å². The van der Waals surface area contributed by atoms with Crippen molar-refractivity contribution in [1.29, 1.82) is 0 Å². The Hall–Kier alpha value is -4.14. The summed E-state index contributed by atoms with van der Waals surface area (Å²) >= 11 is 1.41. The van der Waals surface area contributed by atoms with Crippen LogP contribution in [0.4, 0.5) is 0 Å². The summed E-state index contributed by atoms with van der Waals surface area (Å²) in [5.74, 6) is -1.09. The molecule has 6 N–H and O–H groups in total. The number of aromatic amines is 1. The molecule has 0 radical (unpaired) electrons. The Labute approximate surface area is 306 Å². The van der Waals surface area contributed by atoms with Gasteiger partial charge in [-0.2, -0.15) is 0 Å². The monoisotopic (exact) mass is 728 g/mol. The predicted octanol–water partition coefficient (Wildman–Crippen LogP) is 5.37. The molecule has 2 aliphatic rings. The number of nitrogens with one attached hydrogen (secondary N) is 2. The average molecular weight is 729 g/mol. The highest BCUT2D eigenvalue weighted by molar-refractivity contribution is 7.10. The van der Waals surface area contributed by atoms with Crippen LogP contribution in [-0.4, -0.2) is 77.5 Å². The molecule has 276 valence electrons. The molecule has 0 aliphatic heterocycles. The summed E-state index contributed by atoms with van der Waals surface area (Å²) in [6.07, 6.45) is 7.62. The van der Waals surface area contributed by atoms with Crippen molar-refractivity contribution in [2.45, 2.75) is 94.5 Å². The van der Waals surface area contributed by atoms with E-state index in [1.54, 1.807) is 12.1 Å². The minimum Gasteiger partial charge on any atom is -0.506 e. The number of aromatic hydroxyl groups is 1. The van der Waals surface area contributed by atoms with Crippen LogP contribution < -0.4 is 10.9 Å². The van der Waals surface area contributed by atoms with Crippen LogP contribution in [0.2, 0.25) is 0 Å². The zero-order chi connectivity index (χ0) is 36.4. The summed E-state index contributed by atoms with van der Waals surface area (Å²) in [5.41, 5.74) is 2.68. The zero-order valence-corrected chi connectivity index (χ0v) is 30.3. The number of H-pyrrole nitrogens is 1. The third-order valence-electron chi connectivity index (χ3n) is 11.5. The normalized spacial score (nSPS) is 20.2. The number of rotatable bonds is 14. The van der Waals surface area contributed by atoms with Gasteiger partial charge in [-0.25, -0.2) is 9.48 Å². The van der Waals surface area contributed by atoms with Gasteiger partial charge in [-0.15, -0.1) is 16.4 Å². The molecule has 2 aliphatic carbocycles. The van der Waals surface area contributed by atoms with Gasteiger partial charge in [0, 0.05) is 43.0 Å². The number of carbonyl (C=O) groups is 1. The second-order valence-corrected chi connectivity index (χ2v) is 15.6. The molecule has 0 amide bonds. The number of aryl methyl sites for hydroxylation is 1. The van der Waals surface area contributed by atoms with Gasteiger partial charge in [0.05, 0.1) is 22.0 Å². The number of aliphatic carboxylic acids is 1. The Morgan fingerprint density at radius 3 is 2.65 bits per heavy atom. The van der Waals surface area contributed by atoms with E-state index in [0.29, 0.717) is 33.9 Å². The lowest BCUT2D eigenvalue weighted by Gasteiger charge is -2.36. The maximum absolute atomic E-state index is 12.4. The number of fused-ring (bicyclic) bond motifs is 2. The fourth-order valence-corrected chi connectivity index (χ4v) is 9.69. The lowest BCUT2D eigenvalue weighted by atomic mass is 9.76. The molecule has 2 fully saturated rings. The number of hydrogen-bond acceptors (Lipinski definition) is 10. The van der Waals surface area contributed by atoms with Gasteiger partial charge in [-0.3, -0.25) is 4.79 Å². The molecule has 12 nitrogen and oxygen atoms in total. The number of phenolic OH excluding ortho intramolecular Hbond substituents is 1. The van der Waals surface area contributed by atoms with Crippen LogP contribution in [0.15, 0.2) is 58.7 Å². The number of hydrogen-bond donors (Lipinski definition) is 6. The van der Waals surface area contributed by atoms with Crippen LogP contribution in [0.5, 0.6) is 5.75 Å². The first-order chi connectivity index (χ1) is 25.1. The number of aromatic nitrogens is 4. The Bertz CT molecular complexity index is 2080. The first kappa shape index (κ1) is 36.2. The van der Waals surface area contributed by atoms with Crippen molar-refractivity contribution in [3.8, 4) is 5.75 Å². The van der Waals surface area contributed by atoms with Crippen LogP contribution >= 0.6 is 11.3 Å². The molecular formula is C39H48N6O6S. The Morgan fingerprint density at radius 1 is 1.10 bits per heavy atom. The summed E-state index contributed by atoms with van der Waals surface area (Å²) in [7, 11) is 2.19. The van der Waals surface area contributed by atoms with E-state index in [4.69, 9.17) is 0 Å². The van der Waals surface area contributed by atoms with Gasteiger partial charge >= 0.3 is 5.97 Å². The first-order valence-corrected chi connectivity index (χ1v) is 19.3. The maximum atomic E-state index is 12.4. The Balaban J connectivity index is 0.883. The molecule has 7 rings (SSSR count). The molecule has 52 heavy (non-hydrogen) atoms. The summed E-state index contributed by atoms with van der Waals surface area (Å²) in [4.78, 5) is 29.9. The van der Waals surface area contributed by atoms with E-state index >= 15 is 0 Å². The van der Waals surface area contributed by atoms with Crippen molar-refractivity contribution >= 4 is 39.2 Å². The quantitative estimate of drug-likeness (QED) is 0.0871. The molecule has 0 bridgehead atoms. The van der Waals surface area contributed by atoms with Gasteiger partial charge in [0.2, 0.25) is 5.56 Å². The second-order valence-electron chi connectivity index (χ2n) is 14.7. The van der Waals surface area contributed by atoms with E-state index in [0.717, 1.165) is 93.0 Å². The topological polar surface area (TPSA) is 177 Å². The van der Waals surface area contributed by atoms with E-state index in [9.17, 15) is 30.0 Å². The average Bonchev–Trinajstić information content (AvgIpc) is 3.94. The van der Waals surface area contributed by atoms with Gasteiger partial charge in [-0.1, -0.05) is 30.2 Å². The van der Waals surface area contributed by atoms with E-state index in [-0.39, 0.29) is 29.7 Å². The van der Waals surface area contributed by atoms with E-state index < -0.39 is 17.7 Å². The van der Waals surface area contributed by atoms with Crippen LogP contribution in [-0.2, 0) is 23.5 Å². The van der Waals surface area contributed by atoms with Crippen molar-refractivity contribution in [3.63, 3.8) is 0 Å². The molecule has 0 saturated heterocycles. The highest BCUT2D eigenvalue weighted by atomic mass is 32.1. The summed E-state index contributed by atoms with van der Waals surface area (Å²) < 4.78 is 1.95. The zero-order valence-electron chi connectivity index (χ0n) is 29.5. The number of nitrogens with zero attached hydrogens (tertiary/aromatic N) is 4. The molecule has 3 heterocycles.